The molecule has 90 valence electrons. The van der Waals surface area contributed by atoms with Crippen molar-refractivity contribution >= 4 is 23.2 Å². The standard InChI is InChI=1S/C12H15N3O2/c1-6(2)10-12(17)14-8-5-3-4-7(13)9(8)11(16)15-10/h3-6,10H,13H2,1-2H3,(H,14,17)(H,15,16)/t10-/m0/s1. The van der Waals surface area contributed by atoms with Crippen LogP contribution in [0.3, 0.4) is 0 Å². The predicted molar refractivity (Wildman–Crippen MR) is 65.6 cm³/mol. The van der Waals surface area contributed by atoms with Crippen LogP contribution in [0.2, 0.25) is 0 Å². The number of hydrogen-bond donors (Lipinski definition) is 3. The van der Waals surface area contributed by atoms with Crippen molar-refractivity contribution in [3.05, 3.63) is 23.8 Å². The monoisotopic (exact) mass is 233 g/mol. The lowest BCUT2D eigenvalue weighted by molar-refractivity contribution is -0.118. The first-order valence-corrected chi connectivity index (χ1v) is 5.51. The number of nitrogen functional groups attached to an aromatic ring is 1. The number of rotatable bonds is 1. The molecule has 1 heterocycles. The number of benzene rings is 1. The van der Waals surface area contributed by atoms with E-state index in [0.717, 1.165) is 0 Å². The third-order valence-electron chi connectivity index (χ3n) is 2.82. The highest BCUT2D eigenvalue weighted by atomic mass is 16.2. The van der Waals surface area contributed by atoms with Gasteiger partial charge in [-0.3, -0.25) is 9.59 Å². The maximum absolute atomic E-state index is 12.0. The third-order valence-corrected chi connectivity index (χ3v) is 2.82. The van der Waals surface area contributed by atoms with Gasteiger partial charge in [0.2, 0.25) is 5.91 Å². The minimum atomic E-state index is -0.533. The molecule has 5 heteroatoms. The summed E-state index contributed by atoms with van der Waals surface area (Å²) in [6.45, 7) is 3.76. The van der Waals surface area contributed by atoms with E-state index in [2.05, 4.69) is 10.6 Å². The molecular weight excluding hydrogens is 218 g/mol. The van der Waals surface area contributed by atoms with Crippen molar-refractivity contribution in [3.8, 4) is 0 Å². The van der Waals surface area contributed by atoms with E-state index in [1.54, 1.807) is 18.2 Å². The van der Waals surface area contributed by atoms with Gasteiger partial charge in [0, 0.05) is 5.69 Å². The van der Waals surface area contributed by atoms with Crippen LogP contribution >= 0.6 is 0 Å². The fraction of sp³-hybridized carbons (Fsp3) is 0.333. The highest BCUT2D eigenvalue weighted by Crippen LogP contribution is 2.25. The fourth-order valence-electron chi connectivity index (χ4n) is 1.89. The number of anilines is 2. The summed E-state index contributed by atoms with van der Waals surface area (Å²) in [5, 5.41) is 5.42. The Labute approximate surface area is 99.4 Å². The molecule has 0 aromatic heterocycles. The first-order chi connectivity index (χ1) is 8.00. The van der Waals surface area contributed by atoms with Gasteiger partial charge in [-0.25, -0.2) is 0 Å². The minimum Gasteiger partial charge on any atom is -0.398 e. The first kappa shape index (κ1) is 11.4. The van der Waals surface area contributed by atoms with Crippen molar-refractivity contribution < 1.29 is 9.59 Å². The van der Waals surface area contributed by atoms with Crippen LogP contribution in [0.25, 0.3) is 0 Å². The normalized spacial score (nSPS) is 19.4. The molecule has 0 saturated heterocycles. The van der Waals surface area contributed by atoms with E-state index in [-0.39, 0.29) is 17.7 Å². The molecule has 0 bridgehead atoms. The number of carbonyl (C=O) groups is 2. The average Bonchev–Trinajstić information content (AvgIpc) is 2.36. The molecule has 0 fully saturated rings. The number of hydrogen-bond acceptors (Lipinski definition) is 3. The van der Waals surface area contributed by atoms with Gasteiger partial charge in [-0.15, -0.1) is 0 Å². The molecular formula is C12H15N3O2. The van der Waals surface area contributed by atoms with Crippen molar-refractivity contribution in [1.29, 1.82) is 0 Å². The lowest BCUT2D eigenvalue weighted by Crippen LogP contribution is -2.44. The van der Waals surface area contributed by atoms with Crippen molar-refractivity contribution in [2.75, 3.05) is 11.1 Å². The van der Waals surface area contributed by atoms with Crippen LogP contribution in [0.15, 0.2) is 18.2 Å². The summed E-state index contributed by atoms with van der Waals surface area (Å²) in [4.78, 5) is 23.9. The summed E-state index contributed by atoms with van der Waals surface area (Å²) >= 11 is 0. The molecule has 0 saturated carbocycles. The second kappa shape index (κ2) is 4.08. The zero-order chi connectivity index (χ0) is 12.6. The minimum absolute atomic E-state index is 0.0227. The molecule has 5 nitrogen and oxygen atoms in total. The Hall–Kier alpha value is -2.04. The van der Waals surface area contributed by atoms with Crippen LogP contribution in [0, 0.1) is 5.92 Å². The predicted octanol–water partition coefficient (Wildman–Crippen LogP) is 0.975. The molecule has 4 N–H and O–H groups in total. The van der Waals surface area contributed by atoms with E-state index in [1.165, 1.54) is 0 Å². The third kappa shape index (κ3) is 1.95. The van der Waals surface area contributed by atoms with Crippen LogP contribution in [-0.2, 0) is 4.79 Å². The van der Waals surface area contributed by atoms with E-state index in [1.807, 2.05) is 13.8 Å². The van der Waals surface area contributed by atoms with Crippen molar-refractivity contribution in [2.45, 2.75) is 19.9 Å². The van der Waals surface area contributed by atoms with Gasteiger partial charge in [0.1, 0.15) is 6.04 Å². The zero-order valence-electron chi connectivity index (χ0n) is 9.78. The maximum atomic E-state index is 12.0. The lowest BCUT2D eigenvalue weighted by atomic mass is 10.0. The molecule has 0 unspecified atom stereocenters. The SMILES string of the molecule is CC(C)[C@@H]1NC(=O)c2c(N)cccc2NC1=O. The molecule has 0 radical (unpaired) electrons. The second-order valence-electron chi connectivity index (χ2n) is 4.45. The maximum Gasteiger partial charge on any atom is 0.256 e. The highest BCUT2D eigenvalue weighted by Gasteiger charge is 2.30. The Balaban J connectivity index is 2.47. The van der Waals surface area contributed by atoms with Gasteiger partial charge in [-0.1, -0.05) is 19.9 Å². The molecule has 0 spiro atoms. The molecule has 1 atom stereocenters. The Bertz CT molecular complexity index is 483. The van der Waals surface area contributed by atoms with Gasteiger partial charge in [-0.2, -0.15) is 0 Å². The van der Waals surface area contributed by atoms with Gasteiger partial charge in [0.05, 0.1) is 11.3 Å². The Morgan fingerprint density at radius 1 is 1.29 bits per heavy atom. The van der Waals surface area contributed by atoms with Crippen LogP contribution in [0.4, 0.5) is 11.4 Å². The van der Waals surface area contributed by atoms with Gasteiger partial charge in [0.25, 0.3) is 5.91 Å². The topological polar surface area (TPSA) is 84.2 Å². The van der Waals surface area contributed by atoms with Gasteiger partial charge < -0.3 is 16.4 Å². The molecule has 2 amide bonds. The molecule has 1 aromatic carbocycles. The summed E-state index contributed by atoms with van der Waals surface area (Å²) in [6, 6.07) is 4.48. The van der Waals surface area contributed by atoms with Crippen LogP contribution in [0.1, 0.15) is 24.2 Å². The van der Waals surface area contributed by atoms with E-state index in [4.69, 9.17) is 5.73 Å². The molecule has 1 aromatic rings. The quantitative estimate of drug-likeness (QED) is 0.632. The summed E-state index contributed by atoms with van der Waals surface area (Å²) in [5.74, 6) is -0.498. The summed E-state index contributed by atoms with van der Waals surface area (Å²) in [7, 11) is 0. The van der Waals surface area contributed by atoms with Gasteiger partial charge in [-0.05, 0) is 18.1 Å². The zero-order valence-corrected chi connectivity index (χ0v) is 9.78. The van der Waals surface area contributed by atoms with Gasteiger partial charge >= 0.3 is 0 Å². The summed E-state index contributed by atoms with van der Waals surface area (Å²) in [6.07, 6.45) is 0. The fourth-order valence-corrected chi connectivity index (χ4v) is 1.89. The van der Waals surface area contributed by atoms with E-state index in [0.29, 0.717) is 16.9 Å². The Kier molecular flexibility index (Phi) is 2.75. The number of nitrogens with two attached hydrogens (primary N) is 1. The smallest absolute Gasteiger partial charge is 0.256 e. The number of nitrogens with one attached hydrogen (secondary N) is 2. The number of fused-ring (bicyclic) bond motifs is 1. The van der Waals surface area contributed by atoms with E-state index < -0.39 is 6.04 Å². The number of carbonyl (C=O) groups excluding carboxylic acids is 2. The van der Waals surface area contributed by atoms with Gasteiger partial charge in [0.15, 0.2) is 0 Å². The average molecular weight is 233 g/mol. The molecule has 1 aliphatic heterocycles. The number of amides is 2. The van der Waals surface area contributed by atoms with Crippen LogP contribution < -0.4 is 16.4 Å². The largest absolute Gasteiger partial charge is 0.398 e. The lowest BCUT2D eigenvalue weighted by Gasteiger charge is -2.17. The summed E-state index contributed by atoms with van der Waals surface area (Å²) < 4.78 is 0. The molecule has 2 rings (SSSR count). The highest BCUT2D eigenvalue weighted by molar-refractivity contribution is 6.12. The summed E-state index contributed by atoms with van der Waals surface area (Å²) in [5.41, 5.74) is 6.93. The Morgan fingerprint density at radius 3 is 2.65 bits per heavy atom. The molecule has 17 heavy (non-hydrogen) atoms. The molecule has 1 aliphatic rings. The van der Waals surface area contributed by atoms with Crippen molar-refractivity contribution in [3.63, 3.8) is 0 Å². The van der Waals surface area contributed by atoms with E-state index >= 15 is 0 Å². The van der Waals surface area contributed by atoms with Crippen LogP contribution in [-0.4, -0.2) is 17.9 Å². The molecule has 0 aliphatic carbocycles. The first-order valence-electron chi connectivity index (χ1n) is 5.51. The van der Waals surface area contributed by atoms with Crippen molar-refractivity contribution in [2.24, 2.45) is 5.92 Å². The Morgan fingerprint density at radius 2 is 2.00 bits per heavy atom. The second-order valence-corrected chi connectivity index (χ2v) is 4.45. The van der Waals surface area contributed by atoms with Crippen LogP contribution in [0.5, 0.6) is 0 Å². The van der Waals surface area contributed by atoms with Crippen molar-refractivity contribution in [1.82, 2.24) is 5.32 Å². The van der Waals surface area contributed by atoms with E-state index in [9.17, 15) is 9.59 Å².